The van der Waals surface area contributed by atoms with Crippen molar-refractivity contribution >= 4 is 17.3 Å². The van der Waals surface area contributed by atoms with Crippen LogP contribution in [0.15, 0.2) is 36.9 Å². The van der Waals surface area contributed by atoms with Crippen LogP contribution in [0.3, 0.4) is 0 Å². The maximum Gasteiger partial charge on any atom is 0.223 e. The summed E-state index contributed by atoms with van der Waals surface area (Å²) < 4.78 is 1.71. The molecule has 0 saturated heterocycles. The monoisotopic (exact) mass is 354 g/mol. The van der Waals surface area contributed by atoms with Crippen molar-refractivity contribution in [3.63, 3.8) is 0 Å². The molecule has 2 N–H and O–H groups in total. The number of imidazole rings is 1. The first-order valence-corrected chi connectivity index (χ1v) is 8.64. The van der Waals surface area contributed by atoms with E-state index < -0.39 is 0 Å². The maximum atomic E-state index is 9.65. The van der Waals surface area contributed by atoms with Crippen molar-refractivity contribution in [1.29, 1.82) is 5.26 Å². The van der Waals surface area contributed by atoms with Crippen LogP contribution in [0, 0.1) is 18.3 Å². The van der Waals surface area contributed by atoms with Gasteiger partial charge in [-0.05, 0) is 25.1 Å². The fourth-order valence-electron chi connectivity index (χ4n) is 2.41. The summed E-state index contributed by atoms with van der Waals surface area (Å²) >= 11 is 1.68. The van der Waals surface area contributed by atoms with E-state index in [-0.39, 0.29) is 19.2 Å². The summed E-state index contributed by atoms with van der Waals surface area (Å²) in [5, 5.41) is 21.5. The number of nitrogens with one attached hydrogen (secondary N) is 1. The summed E-state index contributed by atoms with van der Waals surface area (Å²) in [7, 11) is 0. The average molecular weight is 354 g/mol. The van der Waals surface area contributed by atoms with Gasteiger partial charge in [-0.2, -0.15) is 5.26 Å². The maximum absolute atomic E-state index is 9.65. The Bertz CT molecular complexity index is 881. The third kappa shape index (κ3) is 4.41. The first-order chi connectivity index (χ1) is 12.2. The molecule has 0 spiro atoms. The van der Waals surface area contributed by atoms with Crippen molar-refractivity contribution in [1.82, 2.24) is 19.5 Å². The summed E-state index contributed by atoms with van der Waals surface area (Å²) in [5.41, 5.74) is 1.65. The van der Waals surface area contributed by atoms with Crippen LogP contribution < -0.4 is 5.32 Å². The second kappa shape index (κ2) is 7.88. The van der Waals surface area contributed by atoms with Crippen molar-refractivity contribution in [2.24, 2.45) is 0 Å². The fourth-order valence-corrected chi connectivity index (χ4v) is 3.25. The van der Waals surface area contributed by atoms with E-state index in [2.05, 4.69) is 39.3 Å². The number of hydrogen-bond donors (Lipinski definition) is 2. The molecule has 0 aliphatic carbocycles. The molecule has 0 radical (unpaired) electrons. The van der Waals surface area contributed by atoms with Crippen LogP contribution in [0.25, 0.3) is 10.6 Å². The summed E-state index contributed by atoms with van der Waals surface area (Å²) in [4.78, 5) is 15.3. The first kappa shape index (κ1) is 17.1. The number of anilines is 1. The van der Waals surface area contributed by atoms with Crippen molar-refractivity contribution in [2.75, 3.05) is 11.9 Å². The van der Waals surface area contributed by atoms with Gasteiger partial charge in [-0.3, -0.25) is 0 Å². The third-order valence-corrected chi connectivity index (χ3v) is 4.62. The van der Waals surface area contributed by atoms with Crippen molar-refractivity contribution < 1.29 is 5.11 Å². The topological polar surface area (TPSA) is 99.7 Å². The van der Waals surface area contributed by atoms with Crippen LogP contribution in [0.4, 0.5) is 5.95 Å². The van der Waals surface area contributed by atoms with Crippen LogP contribution in [0.1, 0.15) is 10.6 Å². The number of rotatable bonds is 7. The molecule has 0 aromatic carbocycles. The molecule has 3 aromatic rings. The Balaban J connectivity index is 1.70. The lowest BCUT2D eigenvalue weighted by Crippen LogP contribution is -2.27. The highest BCUT2D eigenvalue weighted by Gasteiger charge is 2.13. The number of aryl methyl sites for hydroxylation is 1. The smallest absolute Gasteiger partial charge is 0.223 e. The zero-order valence-corrected chi connectivity index (χ0v) is 14.6. The van der Waals surface area contributed by atoms with Crippen molar-refractivity contribution in [3.8, 4) is 16.6 Å². The largest absolute Gasteiger partial charge is 0.394 e. The van der Waals surface area contributed by atoms with Gasteiger partial charge >= 0.3 is 0 Å². The van der Waals surface area contributed by atoms with Gasteiger partial charge in [0.15, 0.2) is 0 Å². The highest BCUT2D eigenvalue weighted by atomic mass is 32.1. The quantitative estimate of drug-likeness (QED) is 0.675. The first-order valence-electron chi connectivity index (χ1n) is 7.83. The van der Waals surface area contributed by atoms with Gasteiger partial charge in [0, 0.05) is 23.7 Å². The normalized spacial score (nSPS) is 11.9. The van der Waals surface area contributed by atoms with E-state index in [1.165, 1.54) is 4.88 Å². The molecule has 3 aromatic heterocycles. The number of nitriles is 1. The Morgan fingerprint density at radius 2 is 2.24 bits per heavy atom. The van der Waals surface area contributed by atoms with Crippen LogP contribution in [0.2, 0.25) is 0 Å². The SMILES string of the molecule is Cc1ccc(-c2ccnc(N[C@H](CO)Cc3cn(CC#N)cn3)n2)s1. The van der Waals surface area contributed by atoms with Gasteiger partial charge in [-0.1, -0.05) is 0 Å². The van der Waals surface area contributed by atoms with Gasteiger partial charge in [0.25, 0.3) is 0 Å². The number of aliphatic hydroxyl groups excluding tert-OH is 1. The minimum Gasteiger partial charge on any atom is -0.394 e. The standard InChI is InChI=1S/C17H18N6OS/c1-12-2-3-16(25-12)15-4-6-19-17(22-15)21-14(10-24)8-13-9-23(7-5-18)11-20-13/h2-4,6,9,11,14,24H,7-8,10H2,1H3,(H,19,21,22)/t14-/m0/s1. The van der Waals surface area contributed by atoms with E-state index in [9.17, 15) is 5.11 Å². The molecule has 0 saturated carbocycles. The Labute approximate surface area is 149 Å². The van der Waals surface area contributed by atoms with Gasteiger partial charge in [0.1, 0.15) is 6.54 Å². The zero-order chi connectivity index (χ0) is 17.6. The third-order valence-electron chi connectivity index (χ3n) is 3.60. The Hall–Kier alpha value is -2.76. The Morgan fingerprint density at radius 3 is 2.96 bits per heavy atom. The van der Waals surface area contributed by atoms with Gasteiger partial charge < -0.3 is 15.0 Å². The molecule has 0 amide bonds. The molecule has 0 bridgehead atoms. The van der Waals surface area contributed by atoms with E-state index in [0.717, 1.165) is 16.3 Å². The summed E-state index contributed by atoms with van der Waals surface area (Å²) in [6, 6.07) is 7.78. The van der Waals surface area contributed by atoms with E-state index in [0.29, 0.717) is 12.4 Å². The molecule has 8 heteroatoms. The van der Waals surface area contributed by atoms with Gasteiger partial charge in [-0.15, -0.1) is 11.3 Å². The van der Waals surface area contributed by atoms with Gasteiger partial charge in [0.05, 0.1) is 41.3 Å². The van der Waals surface area contributed by atoms with Crippen LogP contribution in [0.5, 0.6) is 0 Å². The second-order valence-corrected chi connectivity index (χ2v) is 6.89. The number of nitrogens with zero attached hydrogens (tertiary/aromatic N) is 5. The van der Waals surface area contributed by atoms with E-state index >= 15 is 0 Å². The van der Waals surface area contributed by atoms with Crippen LogP contribution in [-0.2, 0) is 13.0 Å². The minimum absolute atomic E-state index is 0.0726. The number of aromatic nitrogens is 4. The van der Waals surface area contributed by atoms with Gasteiger partial charge in [0.2, 0.25) is 5.95 Å². The highest BCUT2D eigenvalue weighted by molar-refractivity contribution is 7.15. The van der Waals surface area contributed by atoms with E-state index in [1.54, 1.807) is 34.6 Å². The Kier molecular flexibility index (Phi) is 5.38. The molecule has 0 aliphatic heterocycles. The molecule has 3 heterocycles. The molecular weight excluding hydrogens is 336 g/mol. The lowest BCUT2D eigenvalue weighted by molar-refractivity contribution is 0.272. The summed E-state index contributed by atoms with van der Waals surface area (Å²) in [6.45, 7) is 2.24. The highest BCUT2D eigenvalue weighted by Crippen LogP contribution is 2.26. The number of thiophene rings is 1. The fraction of sp³-hybridized carbons (Fsp3) is 0.294. The Morgan fingerprint density at radius 1 is 1.36 bits per heavy atom. The molecular formula is C17H18N6OS. The van der Waals surface area contributed by atoms with E-state index in [4.69, 9.17) is 5.26 Å². The lowest BCUT2D eigenvalue weighted by atomic mass is 10.2. The van der Waals surface area contributed by atoms with Crippen LogP contribution in [-0.4, -0.2) is 37.3 Å². The molecule has 0 unspecified atom stereocenters. The van der Waals surface area contributed by atoms with E-state index in [1.807, 2.05) is 12.1 Å². The van der Waals surface area contributed by atoms with Gasteiger partial charge in [-0.25, -0.2) is 15.0 Å². The zero-order valence-electron chi connectivity index (χ0n) is 13.8. The van der Waals surface area contributed by atoms with Crippen molar-refractivity contribution in [2.45, 2.75) is 25.9 Å². The predicted octanol–water partition coefficient (Wildman–Crippen LogP) is 2.25. The van der Waals surface area contributed by atoms with Crippen LogP contribution >= 0.6 is 11.3 Å². The molecule has 7 nitrogen and oxygen atoms in total. The number of hydrogen-bond acceptors (Lipinski definition) is 7. The molecule has 0 aliphatic rings. The predicted molar refractivity (Wildman–Crippen MR) is 96.1 cm³/mol. The van der Waals surface area contributed by atoms with Crippen molar-refractivity contribution in [3.05, 3.63) is 47.5 Å². The lowest BCUT2D eigenvalue weighted by Gasteiger charge is -2.15. The number of aliphatic hydroxyl groups is 1. The summed E-state index contributed by atoms with van der Waals surface area (Å²) in [6.07, 6.45) is 5.64. The average Bonchev–Trinajstić information content (AvgIpc) is 3.24. The molecule has 128 valence electrons. The molecule has 3 rings (SSSR count). The molecule has 0 fully saturated rings. The summed E-state index contributed by atoms with van der Waals surface area (Å²) in [5.74, 6) is 0.471. The second-order valence-electron chi connectivity index (χ2n) is 5.60. The molecule has 1 atom stereocenters. The minimum atomic E-state index is -0.259. The molecule has 25 heavy (non-hydrogen) atoms.